The van der Waals surface area contributed by atoms with Gasteiger partial charge < -0.3 is 4.74 Å². The quantitative estimate of drug-likeness (QED) is 0.221. The third-order valence-electron chi connectivity index (χ3n) is 8.44. The molecule has 38 heavy (non-hydrogen) atoms. The van der Waals surface area contributed by atoms with Crippen LogP contribution in [0.4, 0.5) is 5.69 Å². The fraction of sp³-hybridized carbons (Fsp3) is 0.273. The Labute approximate surface area is 225 Å². The zero-order chi connectivity index (χ0) is 26.1. The van der Waals surface area contributed by atoms with Crippen LogP contribution in [0.3, 0.4) is 0 Å². The van der Waals surface area contributed by atoms with Crippen LogP contribution in [0, 0.1) is 11.3 Å². The average molecular weight is 524 g/mol. The van der Waals surface area contributed by atoms with E-state index in [0.717, 1.165) is 29.0 Å². The Balaban J connectivity index is 1.41. The minimum Gasteiger partial charge on any atom is -0.361 e. The summed E-state index contributed by atoms with van der Waals surface area (Å²) in [6, 6.07) is 36.6. The van der Waals surface area contributed by atoms with Crippen LogP contribution >= 0.6 is 0 Å². The summed E-state index contributed by atoms with van der Waals surface area (Å²) < 4.78 is 36.1. The Bertz CT molecular complexity index is 1450. The van der Waals surface area contributed by atoms with Gasteiger partial charge in [0.1, 0.15) is 5.60 Å². The number of sulfonamides is 1. The molecule has 0 heterocycles. The Kier molecular flexibility index (Phi) is 6.58. The highest BCUT2D eigenvalue weighted by Gasteiger charge is 2.56. The normalized spacial score (nSPS) is 20.6. The first-order valence-corrected chi connectivity index (χ1v) is 14.9. The molecule has 0 amide bonds. The maximum atomic E-state index is 13.1. The van der Waals surface area contributed by atoms with Gasteiger partial charge in [-0.15, -0.1) is 0 Å². The zero-order valence-corrected chi connectivity index (χ0v) is 22.2. The van der Waals surface area contributed by atoms with Crippen molar-refractivity contribution in [3.63, 3.8) is 0 Å². The lowest BCUT2D eigenvalue weighted by Crippen LogP contribution is -2.34. The van der Waals surface area contributed by atoms with Gasteiger partial charge in [-0.25, -0.2) is 8.42 Å². The van der Waals surface area contributed by atoms with Crippen molar-refractivity contribution in [3.05, 3.63) is 132 Å². The molecule has 0 aromatic heterocycles. The first kappa shape index (κ1) is 24.9. The fourth-order valence-electron chi connectivity index (χ4n) is 6.40. The molecular weight excluding hydrogens is 490 g/mol. The third-order valence-corrected chi connectivity index (χ3v) is 9.84. The molecule has 0 radical (unpaired) electrons. The number of anilines is 1. The molecule has 4 aromatic carbocycles. The van der Waals surface area contributed by atoms with Gasteiger partial charge in [-0.1, -0.05) is 97.4 Å². The third kappa shape index (κ3) is 4.65. The first-order valence-electron chi connectivity index (χ1n) is 13.5. The molecule has 4 aromatic rings. The number of benzene rings is 4. The molecule has 0 bridgehead atoms. The predicted octanol–water partition coefficient (Wildman–Crippen LogP) is 7.38. The summed E-state index contributed by atoms with van der Waals surface area (Å²) in [7, 11) is -3.73. The van der Waals surface area contributed by atoms with E-state index in [1.807, 2.05) is 54.6 Å². The van der Waals surface area contributed by atoms with Crippen molar-refractivity contribution in [2.24, 2.45) is 11.3 Å². The van der Waals surface area contributed by atoms with Crippen molar-refractivity contribution in [1.82, 2.24) is 0 Å². The number of rotatable bonds is 10. The Hall–Kier alpha value is -3.41. The Morgan fingerprint density at radius 3 is 1.97 bits per heavy atom. The molecule has 5 heteroatoms. The minimum absolute atomic E-state index is 0.230. The van der Waals surface area contributed by atoms with Gasteiger partial charge in [0.25, 0.3) is 10.0 Å². The van der Waals surface area contributed by atoms with Crippen LogP contribution in [0.15, 0.2) is 120 Å². The number of ether oxygens (including phenoxy) is 1. The van der Waals surface area contributed by atoms with E-state index in [2.05, 4.69) is 29.0 Å². The smallest absolute Gasteiger partial charge is 0.261 e. The lowest BCUT2D eigenvalue weighted by molar-refractivity contribution is 0.00337. The molecule has 2 aliphatic rings. The monoisotopic (exact) mass is 523 g/mol. The van der Waals surface area contributed by atoms with Gasteiger partial charge in [-0.3, -0.25) is 4.72 Å². The molecular formula is C33H33NO3S. The second kappa shape index (κ2) is 10.0. The summed E-state index contributed by atoms with van der Waals surface area (Å²) >= 11 is 0. The summed E-state index contributed by atoms with van der Waals surface area (Å²) in [6.07, 6.45) is 6.38. The topological polar surface area (TPSA) is 55.4 Å². The maximum absolute atomic E-state index is 13.1. The summed E-state index contributed by atoms with van der Waals surface area (Å²) in [5.41, 5.74) is 3.01. The van der Waals surface area contributed by atoms with Crippen LogP contribution in [-0.2, 0) is 20.4 Å². The second-order valence-corrected chi connectivity index (χ2v) is 12.3. The van der Waals surface area contributed by atoms with E-state index in [1.165, 1.54) is 25.7 Å². The maximum Gasteiger partial charge on any atom is 0.261 e. The lowest BCUT2D eigenvalue weighted by atomic mass is 9.79. The van der Waals surface area contributed by atoms with E-state index in [4.69, 9.17) is 4.74 Å². The molecule has 2 saturated carbocycles. The molecule has 1 N–H and O–H groups in total. The van der Waals surface area contributed by atoms with E-state index >= 15 is 0 Å². The Morgan fingerprint density at radius 1 is 0.789 bits per heavy atom. The van der Waals surface area contributed by atoms with Crippen LogP contribution < -0.4 is 4.72 Å². The van der Waals surface area contributed by atoms with Gasteiger partial charge >= 0.3 is 0 Å². The summed E-state index contributed by atoms with van der Waals surface area (Å²) in [5, 5.41) is 0. The SMILES string of the molecule is O=S(=O)(Nc1cccc(C(OCC[C@@]23CCC[C@@H]2C3)(c2ccccc2)c2ccccc2)c1)c1ccccc1. The van der Waals surface area contributed by atoms with Crippen molar-refractivity contribution >= 4 is 15.7 Å². The van der Waals surface area contributed by atoms with Crippen molar-refractivity contribution in [1.29, 1.82) is 0 Å². The van der Waals surface area contributed by atoms with Crippen LogP contribution in [0.2, 0.25) is 0 Å². The van der Waals surface area contributed by atoms with E-state index < -0.39 is 15.6 Å². The van der Waals surface area contributed by atoms with E-state index in [0.29, 0.717) is 17.7 Å². The minimum atomic E-state index is -3.73. The summed E-state index contributed by atoms with van der Waals surface area (Å²) in [6.45, 7) is 0.639. The highest BCUT2D eigenvalue weighted by molar-refractivity contribution is 7.92. The summed E-state index contributed by atoms with van der Waals surface area (Å²) in [5.74, 6) is 0.865. The van der Waals surface area contributed by atoms with Crippen LogP contribution in [-0.4, -0.2) is 15.0 Å². The summed E-state index contributed by atoms with van der Waals surface area (Å²) in [4.78, 5) is 0.230. The number of nitrogens with one attached hydrogen (secondary N) is 1. The Morgan fingerprint density at radius 2 is 1.39 bits per heavy atom. The van der Waals surface area contributed by atoms with Crippen molar-refractivity contribution < 1.29 is 13.2 Å². The highest BCUT2D eigenvalue weighted by atomic mass is 32.2. The molecule has 0 saturated heterocycles. The first-order chi connectivity index (χ1) is 18.5. The number of hydrogen-bond acceptors (Lipinski definition) is 3. The molecule has 2 fully saturated rings. The van der Waals surface area contributed by atoms with Crippen molar-refractivity contribution in [2.45, 2.75) is 42.6 Å². The van der Waals surface area contributed by atoms with Gasteiger partial charge in [-0.05, 0) is 78.0 Å². The van der Waals surface area contributed by atoms with Crippen LogP contribution in [0.1, 0.15) is 48.8 Å². The molecule has 6 rings (SSSR count). The molecule has 0 unspecified atom stereocenters. The van der Waals surface area contributed by atoms with Gasteiger partial charge in [0, 0.05) is 12.3 Å². The molecule has 194 valence electrons. The molecule has 2 atom stereocenters. The van der Waals surface area contributed by atoms with E-state index in [1.54, 1.807) is 36.4 Å². The predicted molar refractivity (Wildman–Crippen MR) is 151 cm³/mol. The number of hydrogen-bond donors (Lipinski definition) is 1. The molecule has 0 aliphatic heterocycles. The fourth-order valence-corrected chi connectivity index (χ4v) is 7.47. The van der Waals surface area contributed by atoms with Crippen LogP contribution in [0.5, 0.6) is 0 Å². The average Bonchev–Trinajstić information content (AvgIpc) is 3.50. The number of fused-ring (bicyclic) bond motifs is 1. The van der Waals surface area contributed by atoms with Crippen molar-refractivity contribution in [2.75, 3.05) is 11.3 Å². The zero-order valence-electron chi connectivity index (χ0n) is 21.4. The molecule has 2 aliphatic carbocycles. The van der Waals surface area contributed by atoms with Gasteiger partial charge in [-0.2, -0.15) is 0 Å². The second-order valence-electron chi connectivity index (χ2n) is 10.7. The van der Waals surface area contributed by atoms with Crippen LogP contribution in [0.25, 0.3) is 0 Å². The standard InChI is InChI=1S/C33H33NO3S/c35-38(36,31-19-8-3-9-20-31)34-30-18-10-16-28(24-30)33(26-12-4-1-5-13-26,27-14-6-2-7-15-27)37-23-22-32-21-11-17-29(32)25-32/h1-10,12-16,18-20,24,29,34H,11,17,21-23,25H2/t29-,32-/m1/s1. The van der Waals surface area contributed by atoms with Gasteiger partial charge in [0.2, 0.25) is 0 Å². The molecule has 0 spiro atoms. The van der Waals surface area contributed by atoms with Gasteiger partial charge in [0.15, 0.2) is 0 Å². The largest absolute Gasteiger partial charge is 0.361 e. The van der Waals surface area contributed by atoms with E-state index in [-0.39, 0.29) is 4.90 Å². The van der Waals surface area contributed by atoms with E-state index in [9.17, 15) is 8.42 Å². The molecule has 4 nitrogen and oxygen atoms in total. The van der Waals surface area contributed by atoms with Gasteiger partial charge in [0.05, 0.1) is 4.90 Å². The highest BCUT2D eigenvalue weighted by Crippen LogP contribution is 2.65. The van der Waals surface area contributed by atoms with Crippen molar-refractivity contribution in [3.8, 4) is 0 Å². The lowest BCUT2D eigenvalue weighted by Gasteiger charge is -2.36.